The molecule has 0 saturated heterocycles. The van der Waals surface area contributed by atoms with Gasteiger partial charge in [0, 0.05) is 44.8 Å². The first-order valence-electron chi connectivity index (χ1n) is 8.91. The Balaban J connectivity index is 1.56. The van der Waals surface area contributed by atoms with Gasteiger partial charge in [-0.2, -0.15) is 0 Å². The maximum absolute atomic E-state index is 13.3. The lowest BCUT2D eigenvalue weighted by molar-refractivity contribution is -0.124. The molecule has 0 fully saturated rings. The number of fused-ring (bicyclic) bond motifs is 3. The Labute approximate surface area is 149 Å². The Kier molecular flexibility index (Phi) is 3.85. The van der Waals surface area contributed by atoms with Gasteiger partial charge in [0.2, 0.25) is 5.91 Å². The number of aromatic amines is 1. The van der Waals surface area contributed by atoms with E-state index in [-0.39, 0.29) is 5.91 Å². The Morgan fingerprint density at radius 2 is 2.16 bits per heavy atom. The number of aromatic nitrogens is 2. The second-order valence-corrected chi connectivity index (χ2v) is 14.0. The summed E-state index contributed by atoms with van der Waals surface area (Å²) in [5.41, 5.74) is 2.95. The first-order valence-corrected chi connectivity index (χ1v) is 12.6. The number of anilines is 1. The van der Waals surface area contributed by atoms with Gasteiger partial charge in [0.1, 0.15) is 12.5 Å². The van der Waals surface area contributed by atoms with E-state index in [0.717, 1.165) is 30.3 Å². The smallest absolute Gasteiger partial charge is 0.241 e. The number of H-pyrrole nitrogens is 1. The largest absolute Gasteiger partial charge is 0.365 e. The molecule has 25 heavy (non-hydrogen) atoms. The van der Waals surface area contributed by atoms with Crippen molar-refractivity contribution >= 4 is 19.8 Å². The number of rotatable bonds is 5. The average Bonchev–Trinajstić information content (AvgIpc) is 3.18. The minimum Gasteiger partial charge on any atom is -0.365 e. The molecule has 1 spiro atoms. The average molecular weight is 356 g/mol. The van der Waals surface area contributed by atoms with Crippen LogP contribution in [0.25, 0.3) is 0 Å². The van der Waals surface area contributed by atoms with E-state index < -0.39 is 13.5 Å². The minimum atomic E-state index is -1.14. The van der Waals surface area contributed by atoms with Crippen LogP contribution in [0.15, 0.2) is 30.6 Å². The lowest BCUT2D eigenvalue weighted by atomic mass is 9.79. The summed E-state index contributed by atoms with van der Waals surface area (Å²) in [7, 11) is -1.14. The van der Waals surface area contributed by atoms with Crippen molar-refractivity contribution < 1.29 is 9.53 Å². The summed E-state index contributed by atoms with van der Waals surface area (Å²) in [6, 6.07) is 7.16. The fraction of sp³-hybridized carbons (Fsp3) is 0.474. The zero-order valence-corrected chi connectivity index (χ0v) is 16.1. The number of nitrogens with one attached hydrogen (secondary N) is 1. The van der Waals surface area contributed by atoms with Crippen molar-refractivity contribution in [3.63, 3.8) is 0 Å². The standard InChI is InChI=1S/C19H25N3O2Si/c1-25(2,3)10-9-24-13-22-17-15(5-4-7-21-17)19(18(22)23)11-14-6-8-20-16(14)12-19/h4-8,20H,9-13H2,1-3H3. The van der Waals surface area contributed by atoms with Crippen LogP contribution in [0.5, 0.6) is 0 Å². The third-order valence-electron chi connectivity index (χ3n) is 5.33. The number of hydrogen-bond acceptors (Lipinski definition) is 3. The summed E-state index contributed by atoms with van der Waals surface area (Å²) in [6.45, 7) is 7.98. The maximum Gasteiger partial charge on any atom is 0.241 e. The minimum absolute atomic E-state index is 0.124. The van der Waals surface area contributed by atoms with Gasteiger partial charge in [0.05, 0.1) is 5.41 Å². The van der Waals surface area contributed by atoms with Crippen LogP contribution in [0.2, 0.25) is 25.7 Å². The van der Waals surface area contributed by atoms with Crippen molar-refractivity contribution in [1.29, 1.82) is 0 Å². The second-order valence-electron chi connectivity index (χ2n) is 8.37. The molecule has 1 unspecified atom stereocenters. The molecule has 1 atom stereocenters. The highest BCUT2D eigenvalue weighted by molar-refractivity contribution is 6.76. The monoisotopic (exact) mass is 355 g/mol. The molecule has 2 aromatic heterocycles. The van der Waals surface area contributed by atoms with Crippen molar-refractivity contribution in [3.05, 3.63) is 47.4 Å². The summed E-state index contributed by atoms with van der Waals surface area (Å²) in [5, 5.41) is 0. The fourth-order valence-corrected chi connectivity index (χ4v) is 4.66. The van der Waals surface area contributed by atoms with Crippen LogP contribution in [0, 0.1) is 0 Å². The Hall–Kier alpha value is -1.92. The molecule has 2 aliphatic rings. The van der Waals surface area contributed by atoms with Crippen molar-refractivity contribution in [1.82, 2.24) is 9.97 Å². The number of ether oxygens (including phenoxy) is 1. The predicted octanol–water partition coefficient (Wildman–Crippen LogP) is 3.11. The number of pyridine rings is 1. The van der Waals surface area contributed by atoms with E-state index in [4.69, 9.17) is 4.74 Å². The highest BCUT2D eigenvalue weighted by atomic mass is 28.3. The summed E-state index contributed by atoms with van der Waals surface area (Å²) in [4.78, 5) is 22.9. The van der Waals surface area contributed by atoms with Gasteiger partial charge in [-0.3, -0.25) is 9.69 Å². The summed E-state index contributed by atoms with van der Waals surface area (Å²) < 4.78 is 5.87. The molecule has 0 radical (unpaired) electrons. The van der Waals surface area contributed by atoms with Crippen molar-refractivity contribution in [3.8, 4) is 0 Å². The highest BCUT2D eigenvalue weighted by Gasteiger charge is 2.54. The van der Waals surface area contributed by atoms with Crippen LogP contribution in [0.1, 0.15) is 16.8 Å². The fourth-order valence-electron chi connectivity index (χ4n) is 3.91. The number of amides is 1. The van der Waals surface area contributed by atoms with Crippen LogP contribution in [0.3, 0.4) is 0 Å². The molecule has 1 aliphatic carbocycles. The molecule has 2 aromatic rings. The second kappa shape index (κ2) is 5.81. The van der Waals surface area contributed by atoms with E-state index in [1.165, 1.54) is 11.3 Å². The van der Waals surface area contributed by atoms with Crippen LogP contribution >= 0.6 is 0 Å². The van der Waals surface area contributed by atoms with E-state index in [0.29, 0.717) is 13.3 Å². The van der Waals surface area contributed by atoms with E-state index in [2.05, 4.69) is 35.7 Å². The Morgan fingerprint density at radius 3 is 2.92 bits per heavy atom. The zero-order valence-electron chi connectivity index (χ0n) is 15.1. The molecule has 6 heteroatoms. The van der Waals surface area contributed by atoms with Gasteiger partial charge >= 0.3 is 0 Å². The highest BCUT2D eigenvalue weighted by Crippen LogP contribution is 2.48. The van der Waals surface area contributed by atoms with Crippen LogP contribution < -0.4 is 4.90 Å². The number of carbonyl (C=O) groups excluding carboxylic acids is 1. The summed E-state index contributed by atoms with van der Waals surface area (Å²) in [5.74, 6) is 0.893. The van der Waals surface area contributed by atoms with Gasteiger partial charge in [-0.05, 0) is 30.2 Å². The van der Waals surface area contributed by atoms with E-state index in [1.807, 2.05) is 18.3 Å². The predicted molar refractivity (Wildman–Crippen MR) is 101 cm³/mol. The first kappa shape index (κ1) is 16.5. The van der Waals surface area contributed by atoms with Crippen molar-refractivity contribution in [2.45, 2.75) is 43.9 Å². The van der Waals surface area contributed by atoms with E-state index in [1.54, 1.807) is 11.1 Å². The van der Waals surface area contributed by atoms with Gasteiger partial charge in [0.25, 0.3) is 0 Å². The Bertz CT molecular complexity index is 788. The summed E-state index contributed by atoms with van der Waals surface area (Å²) >= 11 is 0. The van der Waals surface area contributed by atoms with Crippen LogP contribution in [0.4, 0.5) is 5.82 Å². The molecular weight excluding hydrogens is 330 g/mol. The van der Waals surface area contributed by atoms with Gasteiger partial charge in [-0.1, -0.05) is 25.7 Å². The van der Waals surface area contributed by atoms with E-state index in [9.17, 15) is 4.79 Å². The van der Waals surface area contributed by atoms with Crippen molar-refractivity contribution in [2.75, 3.05) is 18.2 Å². The lowest BCUT2D eigenvalue weighted by Gasteiger charge is -2.23. The Morgan fingerprint density at radius 1 is 1.32 bits per heavy atom. The molecule has 132 valence electrons. The van der Waals surface area contributed by atoms with E-state index >= 15 is 0 Å². The van der Waals surface area contributed by atoms with Gasteiger partial charge in [-0.15, -0.1) is 0 Å². The molecule has 0 aromatic carbocycles. The lowest BCUT2D eigenvalue weighted by Crippen LogP contribution is -2.42. The zero-order chi connectivity index (χ0) is 17.7. The van der Waals surface area contributed by atoms with Crippen LogP contribution in [-0.2, 0) is 27.8 Å². The molecule has 1 N–H and O–H groups in total. The molecule has 0 bridgehead atoms. The van der Waals surface area contributed by atoms with Gasteiger partial charge in [-0.25, -0.2) is 4.98 Å². The van der Waals surface area contributed by atoms with Crippen molar-refractivity contribution in [2.24, 2.45) is 0 Å². The normalized spacial score (nSPS) is 21.9. The molecule has 5 nitrogen and oxygen atoms in total. The SMILES string of the molecule is C[Si](C)(C)CCOCN1C(=O)C2(Cc3cc[nH]c3C2)c2cccnc21. The molecule has 1 amide bonds. The van der Waals surface area contributed by atoms with Crippen LogP contribution in [-0.4, -0.2) is 37.3 Å². The summed E-state index contributed by atoms with van der Waals surface area (Å²) in [6.07, 6.45) is 5.18. The maximum atomic E-state index is 13.3. The molecular formula is C19H25N3O2Si. The third-order valence-corrected chi connectivity index (χ3v) is 7.03. The molecule has 3 heterocycles. The molecule has 4 rings (SSSR count). The molecule has 0 saturated carbocycles. The van der Waals surface area contributed by atoms with Gasteiger partial charge in [0.15, 0.2) is 0 Å². The first-order chi connectivity index (χ1) is 11.9. The number of carbonyl (C=O) groups is 1. The number of nitrogens with zero attached hydrogens (tertiary/aromatic N) is 2. The topological polar surface area (TPSA) is 58.2 Å². The quantitative estimate of drug-likeness (QED) is 0.662. The molecule has 1 aliphatic heterocycles. The third kappa shape index (κ3) is 2.73. The van der Waals surface area contributed by atoms with Gasteiger partial charge < -0.3 is 9.72 Å². The number of hydrogen-bond donors (Lipinski definition) is 1.